The van der Waals surface area contributed by atoms with Crippen molar-refractivity contribution < 1.29 is 22.4 Å². The monoisotopic (exact) mass is 511 g/mol. The van der Waals surface area contributed by atoms with Crippen molar-refractivity contribution >= 4 is 21.8 Å². The van der Waals surface area contributed by atoms with Crippen LogP contribution in [0.1, 0.15) is 23.6 Å². The highest BCUT2D eigenvalue weighted by Gasteiger charge is 2.29. The first-order valence-corrected chi connectivity index (χ1v) is 13.3. The molecule has 0 heterocycles. The second-order valence-electron chi connectivity index (χ2n) is 8.54. The van der Waals surface area contributed by atoms with Gasteiger partial charge >= 0.3 is 0 Å². The smallest absolute Gasteiger partial charge is 0.242 e. The maximum absolute atomic E-state index is 13.4. The summed E-state index contributed by atoms with van der Waals surface area (Å²) in [6.07, 6.45) is 1.05. The van der Waals surface area contributed by atoms with Crippen LogP contribution in [0.15, 0.2) is 84.9 Å². The summed E-state index contributed by atoms with van der Waals surface area (Å²) in [5, 5.41) is 2.83. The molecule has 0 aliphatic carbocycles. The standard InChI is InChI=1S/C27H30FN3O4S/c1-21(27(33)29-17-22-9-5-3-6-10-22)31(19-24-13-15-25(28)16-14-24)26(32)20-30(36(2,34)35)18-23-11-7-4-8-12-23/h3-16,21H,17-20H2,1-2H3,(H,29,33). The van der Waals surface area contributed by atoms with E-state index in [4.69, 9.17) is 0 Å². The average molecular weight is 512 g/mol. The Bertz CT molecular complexity index is 1250. The molecule has 3 rings (SSSR count). The Kier molecular flexibility index (Phi) is 9.32. The summed E-state index contributed by atoms with van der Waals surface area (Å²) in [7, 11) is -3.73. The van der Waals surface area contributed by atoms with Crippen molar-refractivity contribution in [2.24, 2.45) is 0 Å². The number of sulfonamides is 1. The Morgan fingerprint density at radius 1 is 0.833 bits per heavy atom. The highest BCUT2D eigenvalue weighted by molar-refractivity contribution is 7.88. The maximum Gasteiger partial charge on any atom is 0.242 e. The summed E-state index contributed by atoms with van der Waals surface area (Å²) < 4.78 is 39.5. The molecule has 36 heavy (non-hydrogen) atoms. The molecule has 0 aromatic heterocycles. The predicted octanol–water partition coefficient (Wildman–Crippen LogP) is 3.32. The van der Waals surface area contributed by atoms with E-state index in [0.29, 0.717) is 5.56 Å². The number of hydrogen-bond donors (Lipinski definition) is 1. The van der Waals surface area contributed by atoms with Gasteiger partial charge in [-0.3, -0.25) is 9.59 Å². The van der Waals surface area contributed by atoms with Gasteiger partial charge in [-0.1, -0.05) is 72.8 Å². The highest BCUT2D eigenvalue weighted by atomic mass is 32.2. The topological polar surface area (TPSA) is 86.8 Å². The van der Waals surface area contributed by atoms with Gasteiger partial charge in [0, 0.05) is 19.6 Å². The average Bonchev–Trinajstić information content (AvgIpc) is 2.86. The molecule has 0 spiro atoms. The third-order valence-corrected chi connectivity index (χ3v) is 6.92. The van der Waals surface area contributed by atoms with Gasteiger partial charge in [0.1, 0.15) is 11.9 Å². The molecule has 1 unspecified atom stereocenters. The second-order valence-corrected chi connectivity index (χ2v) is 10.5. The fraction of sp³-hybridized carbons (Fsp3) is 0.259. The molecule has 1 N–H and O–H groups in total. The molecule has 9 heteroatoms. The van der Waals surface area contributed by atoms with E-state index in [0.717, 1.165) is 21.7 Å². The Morgan fingerprint density at radius 3 is 1.92 bits per heavy atom. The zero-order chi connectivity index (χ0) is 26.1. The summed E-state index contributed by atoms with van der Waals surface area (Å²) in [5.41, 5.74) is 2.25. The van der Waals surface area contributed by atoms with E-state index < -0.39 is 34.3 Å². The van der Waals surface area contributed by atoms with Gasteiger partial charge in [0.2, 0.25) is 21.8 Å². The van der Waals surface area contributed by atoms with E-state index in [1.165, 1.54) is 29.2 Å². The quantitative estimate of drug-likeness (QED) is 0.428. The first-order chi connectivity index (χ1) is 17.1. The zero-order valence-electron chi connectivity index (χ0n) is 20.3. The van der Waals surface area contributed by atoms with Crippen LogP contribution >= 0.6 is 0 Å². The van der Waals surface area contributed by atoms with Gasteiger partial charge in [0.05, 0.1) is 12.8 Å². The molecule has 7 nitrogen and oxygen atoms in total. The first kappa shape index (κ1) is 27.0. The van der Waals surface area contributed by atoms with Crippen LogP contribution in [0.4, 0.5) is 4.39 Å². The maximum atomic E-state index is 13.4. The summed E-state index contributed by atoms with van der Waals surface area (Å²) in [6.45, 7) is 1.47. The SMILES string of the molecule is CC(C(=O)NCc1ccccc1)N(Cc1ccc(F)cc1)C(=O)CN(Cc1ccccc1)S(C)(=O)=O. The first-order valence-electron chi connectivity index (χ1n) is 11.5. The minimum Gasteiger partial charge on any atom is -0.350 e. The van der Waals surface area contributed by atoms with Gasteiger partial charge in [-0.25, -0.2) is 12.8 Å². The number of nitrogens with one attached hydrogen (secondary N) is 1. The van der Waals surface area contributed by atoms with E-state index in [-0.39, 0.29) is 25.5 Å². The lowest BCUT2D eigenvalue weighted by molar-refractivity contribution is -0.140. The molecule has 0 aliphatic heterocycles. The van der Waals surface area contributed by atoms with E-state index in [9.17, 15) is 22.4 Å². The van der Waals surface area contributed by atoms with Crippen molar-refractivity contribution in [3.05, 3.63) is 107 Å². The van der Waals surface area contributed by atoms with Crippen molar-refractivity contribution in [2.75, 3.05) is 12.8 Å². The number of carbonyl (C=O) groups excluding carboxylic acids is 2. The zero-order valence-corrected chi connectivity index (χ0v) is 21.1. The van der Waals surface area contributed by atoms with E-state index >= 15 is 0 Å². The summed E-state index contributed by atoms with van der Waals surface area (Å²) >= 11 is 0. The molecular formula is C27H30FN3O4S. The molecular weight excluding hydrogens is 481 g/mol. The molecule has 0 aliphatic rings. The minimum absolute atomic E-state index is 0.0158. The summed E-state index contributed by atoms with van der Waals surface area (Å²) in [4.78, 5) is 27.7. The number of halogens is 1. The van der Waals surface area contributed by atoms with Crippen molar-refractivity contribution in [3.63, 3.8) is 0 Å². The van der Waals surface area contributed by atoms with Crippen molar-refractivity contribution in [1.82, 2.24) is 14.5 Å². The van der Waals surface area contributed by atoms with E-state index in [1.807, 2.05) is 36.4 Å². The minimum atomic E-state index is -3.73. The third-order valence-electron chi connectivity index (χ3n) is 5.73. The van der Waals surface area contributed by atoms with Gasteiger partial charge < -0.3 is 10.2 Å². The van der Waals surface area contributed by atoms with Crippen LogP contribution < -0.4 is 5.32 Å². The van der Waals surface area contributed by atoms with Gasteiger partial charge in [-0.15, -0.1) is 0 Å². The highest BCUT2D eigenvalue weighted by Crippen LogP contribution is 2.14. The molecule has 1 atom stereocenters. The molecule has 0 radical (unpaired) electrons. The number of nitrogens with zero attached hydrogens (tertiary/aromatic N) is 2. The Balaban J connectivity index is 1.80. The number of amides is 2. The fourth-order valence-electron chi connectivity index (χ4n) is 3.62. The molecule has 0 bridgehead atoms. The van der Waals surface area contributed by atoms with Gasteiger partial charge in [-0.05, 0) is 35.7 Å². The van der Waals surface area contributed by atoms with Gasteiger partial charge in [0.15, 0.2) is 0 Å². The summed E-state index contributed by atoms with van der Waals surface area (Å²) in [5.74, 6) is -1.34. The predicted molar refractivity (Wildman–Crippen MR) is 136 cm³/mol. The van der Waals surface area contributed by atoms with Crippen LogP contribution in [0.25, 0.3) is 0 Å². The van der Waals surface area contributed by atoms with Crippen molar-refractivity contribution in [2.45, 2.75) is 32.6 Å². The van der Waals surface area contributed by atoms with E-state index in [2.05, 4.69) is 5.32 Å². The number of benzene rings is 3. The van der Waals surface area contributed by atoms with Crippen LogP contribution in [0.5, 0.6) is 0 Å². The Labute approximate surface area is 211 Å². The molecule has 0 saturated heterocycles. The summed E-state index contributed by atoms with van der Waals surface area (Å²) in [6, 6.07) is 23.0. The van der Waals surface area contributed by atoms with Crippen LogP contribution in [0, 0.1) is 5.82 Å². The van der Waals surface area contributed by atoms with Crippen LogP contribution in [-0.4, -0.2) is 48.3 Å². The lowest BCUT2D eigenvalue weighted by Gasteiger charge is -2.31. The molecule has 2 amide bonds. The van der Waals surface area contributed by atoms with Crippen LogP contribution in [-0.2, 0) is 39.2 Å². The second kappa shape index (κ2) is 12.4. The third kappa shape index (κ3) is 8.00. The number of carbonyl (C=O) groups is 2. The lowest BCUT2D eigenvalue weighted by atomic mass is 10.1. The molecule has 0 saturated carbocycles. The largest absolute Gasteiger partial charge is 0.350 e. The fourth-order valence-corrected chi connectivity index (χ4v) is 4.35. The van der Waals surface area contributed by atoms with Crippen molar-refractivity contribution in [1.29, 1.82) is 0 Å². The normalized spacial score (nSPS) is 12.2. The van der Waals surface area contributed by atoms with Crippen LogP contribution in [0.2, 0.25) is 0 Å². The Hall–Kier alpha value is -3.56. The Morgan fingerprint density at radius 2 is 1.36 bits per heavy atom. The number of hydrogen-bond acceptors (Lipinski definition) is 4. The molecule has 3 aromatic rings. The van der Waals surface area contributed by atoms with Gasteiger partial charge in [-0.2, -0.15) is 4.31 Å². The van der Waals surface area contributed by atoms with E-state index in [1.54, 1.807) is 31.2 Å². The van der Waals surface area contributed by atoms with Crippen molar-refractivity contribution in [3.8, 4) is 0 Å². The number of rotatable bonds is 11. The van der Waals surface area contributed by atoms with Gasteiger partial charge in [0.25, 0.3) is 0 Å². The molecule has 0 fully saturated rings. The molecule has 3 aromatic carbocycles. The molecule has 190 valence electrons. The lowest BCUT2D eigenvalue weighted by Crippen LogP contribution is -2.50. The van der Waals surface area contributed by atoms with Crippen LogP contribution in [0.3, 0.4) is 0 Å².